The molecule has 0 spiro atoms. The molecule has 10 nitrogen and oxygen atoms in total. The number of anilines is 2. The molecule has 36 heavy (non-hydrogen) atoms. The zero-order valence-corrected chi connectivity index (χ0v) is 19.8. The minimum absolute atomic E-state index is 0.0113. The minimum atomic E-state index is -0.589. The monoisotopic (exact) mass is 489 g/mol. The predicted molar refractivity (Wildman–Crippen MR) is 135 cm³/mol. The molecule has 1 fully saturated rings. The molecular weight excluding hydrogens is 462 g/mol. The molecule has 1 atom stereocenters. The summed E-state index contributed by atoms with van der Waals surface area (Å²) in [5, 5.41) is 16.8. The topological polar surface area (TPSA) is 127 Å². The van der Waals surface area contributed by atoms with E-state index in [0.29, 0.717) is 11.4 Å². The number of nitrogens with zero attached hydrogens (tertiary/aromatic N) is 3. The van der Waals surface area contributed by atoms with Crippen LogP contribution in [0.1, 0.15) is 41.2 Å². The van der Waals surface area contributed by atoms with Crippen LogP contribution in [0.4, 0.5) is 17.1 Å². The zero-order valence-electron chi connectivity index (χ0n) is 19.8. The van der Waals surface area contributed by atoms with Gasteiger partial charge in [0.1, 0.15) is 5.75 Å². The number of nitro groups is 1. The maximum atomic E-state index is 13.1. The summed E-state index contributed by atoms with van der Waals surface area (Å²) in [5.41, 5.74) is 1.44. The second-order valence-electron chi connectivity index (χ2n) is 8.49. The lowest BCUT2D eigenvalue weighted by Gasteiger charge is -2.35. The molecule has 186 valence electrons. The third kappa shape index (κ3) is 6.02. The predicted octanol–water partition coefficient (Wildman–Crippen LogP) is 4.42. The summed E-state index contributed by atoms with van der Waals surface area (Å²) in [6, 6.07) is 14.5. The number of benzene rings is 2. The Labute approximate surface area is 208 Å². The van der Waals surface area contributed by atoms with Crippen LogP contribution in [-0.4, -0.2) is 46.8 Å². The summed E-state index contributed by atoms with van der Waals surface area (Å²) in [6.07, 6.45) is 6.50. The molecule has 0 bridgehead atoms. The maximum absolute atomic E-state index is 13.1. The van der Waals surface area contributed by atoms with Gasteiger partial charge in [0, 0.05) is 42.3 Å². The van der Waals surface area contributed by atoms with Gasteiger partial charge in [-0.3, -0.25) is 29.6 Å². The number of piperidine rings is 1. The molecule has 0 saturated carbocycles. The number of nitrogens with one attached hydrogen (secondary N) is 2. The van der Waals surface area contributed by atoms with Crippen LogP contribution in [0.15, 0.2) is 67.0 Å². The average molecular weight is 490 g/mol. The summed E-state index contributed by atoms with van der Waals surface area (Å²) in [4.78, 5) is 43.2. The molecule has 0 unspecified atom stereocenters. The molecular formula is C26H27N5O5. The van der Waals surface area contributed by atoms with Crippen LogP contribution in [0.5, 0.6) is 5.75 Å². The number of nitro benzene ring substituents is 1. The van der Waals surface area contributed by atoms with E-state index in [4.69, 9.17) is 4.74 Å². The maximum Gasteiger partial charge on any atom is 0.270 e. The van der Waals surface area contributed by atoms with Crippen LogP contribution in [0.3, 0.4) is 0 Å². The van der Waals surface area contributed by atoms with Gasteiger partial charge in [0.2, 0.25) is 5.91 Å². The van der Waals surface area contributed by atoms with Crippen molar-refractivity contribution < 1.29 is 19.2 Å². The third-order valence-corrected chi connectivity index (χ3v) is 6.09. The molecule has 0 aliphatic carbocycles. The van der Waals surface area contributed by atoms with E-state index in [1.165, 1.54) is 19.2 Å². The molecule has 2 aromatic carbocycles. The highest BCUT2D eigenvalue weighted by Crippen LogP contribution is 2.30. The number of amides is 2. The van der Waals surface area contributed by atoms with E-state index in [1.807, 2.05) is 18.3 Å². The van der Waals surface area contributed by atoms with Crippen molar-refractivity contribution in [3.8, 4) is 5.75 Å². The van der Waals surface area contributed by atoms with Crippen molar-refractivity contribution in [2.45, 2.75) is 25.3 Å². The molecule has 3 aromatic rings. The van der Waals surface area contributed by atoms with E-state index < -0.39 is 10.8 Å². The summed E-state index contributed by atoms with van der Waals surface area (Å²) in [7, 11) is 1.51. The number of ether oxygens (including phenoxy) is 1. The van der Waals surface area contributed by atoms with Crippen molar-refractivity contribution in [3.05, 3.63) is 88.2 Å². The van der Waals surface area contributed by atoms with E-state index >= 15 is 0 Å². The Morgan fingerprint density at radius 2 is 2.00 bits per heavy atom. The molecule has 10 heteroatoms. The molecule has 1 saturated heterocycles. The van der Waals surface area contributed by atoms with E-state index in [0.717, 1.165) is 37.4 Å². The van der Waals surface area contributed by atoms with Gasteiger partial charge < -0.3 is 15.4 Å². The molecule has 2 heterocycles. The van der Waals surface area contributed by atoms with Gasteiger partial charge in [-0.1, -0.05) is 18.6 Å². The fourth-order valence-electron chi connectivity index (χ4n) is 4.35. The van der Waals surface area contributed by atoms with Gasteiger partial charge in [0.05, 0.1) is 29.8 Å². The highest BCUT2D eigenvalue weighted by atomic mass is 16.6. The number of aromatic nitrogens is 1. The molecule has 0 radical (unpaired) electrons. The molecule has 2 amide bonds. The van der Waals surface area contributed by atoms with E-state index in [-0.39, 0.29) is 35.4 Å². The van der Waals surface area contributed by atoms with E-state index in [9.17, 15) is 19.7 Å². The lowest BCUT2D eigenvalue weighted by atomic mass is 9.96. The number of carbonyl (C=O) groups excluding carboxylic acids is 2. The lowest BCUT2D eigenvalue weighted by Crippen LogP contribution is -2.39. The van der Waals surface area contributed by atoms with E-state index in [1.54, 1.807) is 30.5 Å². The summed E-state index contributed by atoms with van der Waals surface area (Å²) in [6.45, 7) is 0.879. The van der Waals surface area contributed by atoms with Crippen molar-refractivity contribution in [3.63, 3.8) is 0 Å². The van der Waals surface area contributed by atoms with Crippen molar-refractivity contribution in [1.29, 1.82) is 0 Å². The van der Waals surface area contributed by atoms with Gasteiger partial charge in [-0.05, 0) is 49.2 Å². The van der Waals surface area contributed by atoms with E-state index in [2.05, 4.69) is 20.5 Å². The highest BCUT2D eigenvalue weighted by Gasteiger charge is 2.26. The smallest absolute Gasteiger partial charge is 0.270 e. The average Bonchev–Trinajstić information content (AvgIpc) is 2.89. The Hall–Kier alpha value is -4.31. The second kappa shape index (κ2) is 11.4. The quantitative estimate of drug-likeness (QED) is 0.354. The summed E-state index contributed by atoms with van der Waals surface area (Å²) < 4.78 is 5.18. The fraction of sp³-hybridized carbons (Fsp3) is 0.269. The van der Waals surface area contributed by atoms with Crippen LogP contribution in [-0.2, 0) is 4.79 Å². The summed E-state index contributed by atoms with van der Waals surface area (Å²) in [5.74, 6) is -0.353. The SMILES string of the molecule is COc1cccc(NC(=O)c2cc([N+](=O)[O-])ccc2NC(=O)CN2CCCC[C@H]2c2cccnc2)c1. The largest absolute Gasteiger partial charge is 0.497 e. The Morgan fingerprint density at radius 3 is 2.75 bits per heavy atom. The van der Waals surface area contributed by atoms with Crippen molar-refractivity contribution >= 4 is 28.9 Å². The normalized spacial score (nSPS) is 15.6. The number of pyridine rings is 1. The molecule has 1 aromatic heterocycles. The van der Waals surface area contributed by atoms with Crippen LogP contribution < -0.4 is 15.4 Å². The Balaban J connectivity index is 1.53. The standard InChI is InChI=1S/C26H27N5O5/c1-36-21-8-4-7-19(14-21)28-26(33)22-15-20(31(34)35)10-11-23(22)29-25(32)17-30-13-3-2-9-24(30)18-6-5-12-27-16-18/h4-8,10-12,14-16,24H,2-3,9,13,17H2,1H3,(H,28,33)(H,29,32)/t24-/m0/s1. The molecule has 1 aliphatic rings. The molecule has 2 N–H and O–H groups in total. The fourth-order valence-corrected chi connectivity index (χ4v) is 4.35. The lowest BCUT2D eigenvalue weighted by molar-refractivity contribution is -0.384. The molecule has 1 aliphatic heterocycles. The number of rotatable bonds is 8. The van der Waals surface area contributed by atoms with Crippen LogP contribution in [0.2, 0.25) is 0 Å². The number of hydrogen-bond donors (Lipinski definition) is 2. The number of likely N-dealkylation sites (tertiary alicyclic amines) is 1. The van der Waals surface area contributed by atoms with Gasteiger partial charge in [-0.25, -0.2) is 0 Å². The first-order valence-corrected chi connectivity index (χ1v) is 11.6. The summed E-state index contributed by atoms with van der Waals surface area (Å²) >= 11 is 0. The zero-order chi connectivity index (χ0) is 25.5. The van der Waals surface area contributed by atoms with Gasteiger partial charge in [0.15, 0.2) is 0 Å². The van der Waals surface area contributed by atoms with Gasteiger partial charge in [-0.15, -0.1) is 0 Å². The van der Waals surface area contributed by atoms with Crippen LogP contribution >= 0.6 is 0 Å². The number of methoxy groups -OCH3 is 1. The van der Waals surface area contributed by atoms with Gasteiger partial charge >= 0.3 is 0 Å². The Bertz CT molecular complexity index is 1250. The number of non-ortho nitro benzene ring substituents is 1. The van der Waals surface area contributed by atoms with Crippen molar-refractivity contribution in [2.75, 3.05) is 30.8 Å². The van der Waals surface area contributed by atoms with Crippen molar-refractivity contribution in [1.82, 2.24) is 9.88 Å². The first-order valence-electron chi connectivity index (χ1n) is 11.6. The highest BCUT2D eigenvalue weighted by molar-refractivity contribution is 6.10. The molecule has 4 rings (SSSR count). The Kier molecular flexibility index (Phi) is 7.86. The minimum Gasteiger partial charge on any atom is -0.497 e. The Morgan fingerprint density at radius 1 is 1.14 bits per heavy atom. The number of hydrogen-bond acceptors (Lipinski definition) is 7. The number of carbonyl (C=O) groups is 2. The first kappa shape index (κ1) is 24.8. The van der Waals surface area contributed by atoms with Crippen LogP contribution in [0, 0.1) is 10.1 Å². The van der Waals surface area contributed by atoms with Gasteiger partial charge in [0.25, 0.3) is 11.6 Å². The second-order valence-corrected chi connectivity index (χ2v) is 8.49. The van der Waals surface area contributed by atoms with Gasteiger partial charge in [-0.2, -0.15) is 0 Å². The third-order valence-electron chi connectivity index (χ3n) is 6.09. The first-order chi connectivity index (χ1) is 17.4. The van der Waals surface area contributed by atoms with Crippen LogP contribution in [0.25, 0.3) is 0 Å². The van der Waals surface area contributed by atoms with Crippen molar-refractivity contribution in [2.24, 2.45) is 0 Å².